The molecule has 2 aromatic rings. The van der Waals surface area contributed by atoms with E-state index in [-0.39, 0.29) is 12.0 Å². The summed E-state index contributed by atoms with van der Waals surface area (Å²) in [5.41, 5.74) is 0.828. The van der Waals surface area contributed by atoms with Crippen molar-refractivity contribution in [2.24, 2.45) is 0 Å². The number of hydrogen-bond acceptors (Lipinski definition) is 6. The van der Waals surface area contributed by atoms with Crippen molar-refractivity contribution in [3.8, 4) is 11.7 Å². The third-order valence-corrected chi connectivity index (χ3v) is 4.01. The lowest BCUT2D eigenvalue weighted by atomic mass is 10.2. The number of hydrogen-bond donors (Lipinski definition) is 0. The largest absolute Gasteiger partial charge is 0.468 e. The SMILES string of the molecule is COC(=O)[C@@H](C)N(Cc1nc(-c2ccco2)oc1C)C1CC1. The van der Waals surface area contributed by atoms with Gasteiger partial charge >= 0.3 is 5.97 Å². The standard InChI is InChI=1S/C16H20N2O4/c1-10(16(19)20-3)18(12-6-7-12)9-13-11(2)22-15(17-13)14-5-4-8-21-14/h4-5,8,10,12H,6-7,9H2,1-3H3/t10-/m1/s1. The van der Waals surface area contributed by atoms with Gasteiger partial charge in [0.2, 0.25) is 0 Å². The second kappa shape index (κ2) is 5.96. The summed E-state index contributed by atoms with van der Waals surface area (Å²) in [6, 6.07) is 3.73. The van der Waals surface area contributed by atoms with Gasteiger partial charge in [-0.3, -0.25) is 9.69 Å². The average molecular weight is 304 g/mol. The van der Waals surface area contributed by atoms with Gasteiger partial charge in [0.1, 0.15) is 11.8 Å². The van der Waals surface area contributed by atoms with Crippen molar-refractivity contribution < 1.29 is 18.4 Å². The van der Waals surface area contributed by atoms with E-state index in [1.807, 2.05) is 19.9 Å². The molecule has 1 aliphatic rings. The summed E-state index contributed by atoms with van der Waals surface area (Å²) in [7, 11) is 1.42. The zero-order valence-electron chi connectivity index (χ0n) is 13.0. The molecule has 2 heterocycles. The number of ether oxygens (including phenoxy) is 1. The Balaban J connectivity index is 1.80. The molecule has 0 aliphatic heterocycles. The van der Waals surface area contributed by atoms with Crippen LogP contribution in [0.5, 0.6) is 0 Å². The van der Waals surface area contributed by atoms with Crippen LogP contribution in [-0.2, 0) is 16.1 Å². The quantitative estimate of drug-likeness (QED) is 0.764. The zero-order valence-corrected chi connectivity index (χ0v) is 13.0. The van der Waals surface area contributed by atoms with Gasteiger partial charge in [-0.05, 0) is 38.8 Å². The molecule has 0 radical (unpaired) electrons. The Morgan fingerprint density at radius 3 is 2.91 bits per heavy atom. The minimum atomic E-state index is -0.291. The number of esters is 1. The van der Waals surface area contributed by atoms with Crippen LogP contribution in [0.15, 0.2) is 27.2 Å². The summed E-state index contributed by atoms with van der Waals surface area (Å²) < 4.78 is 15.9. The number of aromatic nitrogens is 1. The van der Waals surface area contributed by atoms with E-state index in [4.69, 9.17) is 13.6 Å². The maximum absolute atomic E-state index is 11.8. The third-order valence-electron chi connectivity index (χ3n) is 4.01. The van der Waals surface area contributed by atoms with E-state index >= 15 is 0 Å². The highest BCUT2D eigenvalue weighted by atomic mass is 16.5. The van der Waals surface area contributed by atoms with E-state index in [0.29, 0.717) is 24.2 Å². The number of carbonyl (C=O) groups excluding carboxylic acids is 1. The van der Waals surface area contributed by atoms with Crippen molar-refractivity contribution in [1.29, 1.82) is 0 Å². The number of nitrogens with zero attached hydrogens (tertiary/aromatic N) is 2. The van der Waals surface area contributed by atoms with Gasteiger partial charge in [0.15, 0.2) is 5.76 Å². The number of rotatable bonds is 6. The average Bonchev–Trinajstić information content (AvgIpc) is 3.07. The highest BCUT2D eigenvalue weighted by Gasteiger charge is 2.36. The topological polar surface area (TPSA) is 68.7 Å². The van der Waals surface area contributed by atoms with Crippen molar-refractivity contribution >= 4 is 5.97 Å². The van der Waals surface area contributed by atoms with Gasteiger partial charge in [-0.1, -0.05) is 0 Å². The molecule has 3 rings (SSSR count). The Morgan fingerprint density at radius 1 is 1.55 bits per heavy atom. The summed E-state index contributed by atoms with van der Waals surface area (Å²) in [6.07, 6.45) is 3.79. The molecule has 1 fully saturated rings. The van der Waals surface area contributed by atoms with Crippen molar-refractivity contribution in [3.05, 3.63) is 29.9 Å². The first kappa shape index (κ1) is 14.8. The smallest absolute Gasteiger partial charge is 0.322 e. The molecule has 118 valence electrons. The summed E-state index contributed by atoms with van der Waals surface area (Å²) in [5, 5.41) is 0. The monoisotopic (exact) mass is 304 g/mol. The molecule has 0 N–H and O–H groups in total. The first-order valence-electron chi connectivity index (χ1n) is 7.44. The summed E-state index contributed by atoms with van der Waals surface area (Å²) >= 11 is 0. The fraction of sp³-hybridized carbons (Fsp3) is 0.500. The fourth-order valence-electron chi connectivity index (χ4n) is 2.55. The predicted octanol–water partition coefficient (Wildman–Crippen LogP) is 2.77. The number of aryl methyl sites for hydroxylation is 1. The normalized spacial score (nSPS) is 16.0. The molecule has 0 unspecified atom stereocenters. The lowest BCUT2D eigenvalue weighted by Crippen LogP contribution is -2.40. The Labute approximate surface area is 129 Å². The number of methoxy groups -OCH3 is 1. The van der Waals surface area contributed by atoms with Crippen LogP contribution < -0.4 is 0 Å². The van der Waals surface area contributed by atoms with E-state index in [9.17, 15) is 4.79 Å². The first-order chi connectivity index (χ1) is 10.6. The van der Waals surface area contributed by atoms with Crippen molar-refractivity contribution in [2.75, 3.05) is 7.11 Å². The van der Waals surface area contributed by atoms with Crippen LogP contribution in [-0.4, -0.2) is 35.0 Å². The maximum atomic E-state index is 11.8. The van der Waals surface area contributed by atoms with Crippen molar-refractivity contribution in [2.45, 2.75) is 45.3 Å². The van der Waals surface area contributed by atoms with Gasteiger partial charge in [-0.25, -0.2) is 4.98 Å². The van der Waals surface area contributed by atoms with Crippen LogP contribution in [0.4, 0.5) is 0 Å². The van der Waals surface area contributed by atoms with Crippen LogP contribution in [0.1, 0.15) is 31.2 Å². The molecule has 1 atom stereocenters. The molecule has 0 bridgehead atoms. The molecule has 0 saturated heterocycles. The van der Waals surface area contributed by atoms with Gasteiger partial charge in [-0.15, -0.1) is 0 Å². The molecule has 1 saturated carbocycles. The molecular formula is C16H20N2O4. The molecule has 0 amide bonds. The summed E-state index contributed by atoms with van der Waals surface area (Å²) in [5.74, 6) is 1.60. The van der Waals surface area contributed by atoms with E-state index in [0.717, 1.165) is 24.3 Å². The van der Waals surface area contributed by atoms with Crippen LogP contribution in [0.3, 0.4) is 0 Å². The number of oxazole rings is 1. The van der Waals surface area contributed by atoms with Crippen LogP contribution >= 0.6 is 0 Å². The van der Waals surface area contributed by atoms with E-state index in [2.05, 4.69) is 9.88 Å². The highest BCUT2D eigenvalue weighted by molar-refractivity contribution is 5.75. The van der Waals surface area contributed by atoms with E-state index in [1.165, 1.54) is 7.11 Å². The number of carbonyl (C=O) groups is 1. The second-order valence-corrected chi connectivity index (χ2v) is 5.60. The van der Waals surface area contributed by atoms with Crippen LogP contribution in [0.25, 0.3) is 11.7 Å². The minimum Gasteiger partial charge on any atom is -0.468 e. The van der Waals surface area contributed by atoms with Crippen LogP contribution in [0, 0.1) is 6.92 Å². The second-order valence-electron chi connectivity index (χ2n) is 5.60. The van der Waals surface area contributed by atoms with Gasteiger partial charge < -0.3 is 13.6 Å². The summed E-state index contributed by atoms with van der Waals surface area (Å²) in [6.45, 7) is 4.31. The van der Waals surface area contributed by atoms with E-state index < -0.39 is 0 Å². The predicted molar refractivity (Wildman–Crippen MR) is 79.0 cm³/mol. The highest BCUT2D eigenvalue weighted by Crippen LogP contribution is 2.31. The zero-order chi connectivity index (χ0) is 15.7. The lowest BCUT2D eigenvalue weighted by Gasteiger charge is -2.26. The van der Waals surface area contributed by atoms with Crippen LogP contribution in [0.2, 0.25) is 0 Å². The Kier molecular flexibility index (Phi) is 4.02. The van der Waals surface area contributed by atoms with Gasteiger partial charge in [0.05, 0.1) is 19.1 Å². The molecule has 1 aliphatic carbocycles. The van der Waals surface area contributed by atoms with Crippen molar-refractivity contribution in [1.82, 2.24) is 9.88 Å². The summed E-state index contributed by atoms with van der Waals surface area (Å²) in [4.78, 5) is 18.5. The molecular weight excluding hydrogens is 284 g/mol. The Hall–Kier alpha value is -2.08. The number of furan rings is 1. The molecule has 0 spiro atoms. The lowest BCUT2D eigenvalue weighted by molar-refractivity contribution is -0.146. The molecule has 22 heavy (non-hydrogen) atoms. The first-order valence-corrected chi connectivity index (χ1v) is 7.44. The fourth-order valence-corrected chi connectivity index (χ4v) is 2.55. The van der Waals surface area contributed by atoms with E-state index in [1.54, 1.807) is 12.3 Å². The Bertz CT molecular complexity index is 643. The minimum absolute atomic E-state index is 0.223. The molecule has 0 aromatic carbocycles. The Morgan fingerprint density at radius 2 is 2.32 bits per heavy atom. The van der Waals surface area contributed by atoms with Crippen molar-refractivity contribution in [3.63, 3.8) is 0 Å². The molecule has 6 nitrogen and oxygen atoms in total. The van der Waals surface area contributed by atoms with Gasteiger partial charge in [0.25, 0.3) is 5.89 Å². The maximum Gasteiger partial charge on any atom is 0.322 e. The van der Waals surface area contributed by atoms with Gasteiger partial charge in [-0.2, -0.15) is 0 Å². The van der Waals surface area contributed by atoms with Gasteiger partial charge in [0, 0.05) is 12.6 Å². The third kappa shape index (κ3) is 2.92. The molecule has 2 aromatic heterocycles. The molecule has 6 heteroatoms.